The predicted molar refractivity (Wildman–Crippen MR) is 86.1 cm³/mol. The molecule has 21 heavy (non-hydrogen) atoms. The number of hydrogen-bond donors (Lipinski definition) is 1. The molecule has 1 aromatic carbocycles. The van der Waals surface area contributed by atoms with Gasteiger partial charge in [-0.2, -0.15) is 0 Å². The summed E-state index contributed by atoms with van der Waals surface area (Å²) in [6.45, 7) is 3.75. The van der Waals surface area contributed by atoms with Crippen LogP contribution in [0.25, 0.3) is 0 Å². The van der Waals surface area contributed by atoms with Crippen LogP contribution in [0.5, 0.6) is 11.5 Å². The van der Waals surface area contributed by atoms with Gasteiger partial charge in [0.15, 0.2) is 11.5 Å². The van der Waals surface area contributed by atoms with E-state index in [4.69, 9.17) is 9.47 Å². The molecule has 112 valence electrons. The zero-order chi connectivity index (χ0) is 14.7. The molecule has 1 aliphatic rings. The monoisotopic (exact) mass is 303 g/mol. The van der Waals surface area contributed by atoms with E-state index in [2.05, 4.69) is 35.8 Å². The fourth-order valence-electron chi connectivity index (χ4n) is 2.34. The van der Waals surface area contributed by atoms with E-state index in [1.54, 1.807) is 18.4 Å². The molecule has 0 aliphatic heterocycles. The molecule has 1 N–H and O–H groups in total. The van der Waals surface area contributed by atoms with Crippen molar-refractivity contribution in [1.29, 1.82) is 0 Å². The molecule has 0 amide bonds. The van der Waals surface area contributed by atoms with Gasteiger partial charge in [0.2, 0.25) is 0 Å². The van der Waals surface area contributed by atoms with Gasteiger partial charge < -0.3 is 14.8 Å². The van der Waals surface area contributed by atoms with Crippen molar-refractivity contribution in [2.45, 2.75) is 32.5 Å². The lowest BCUT2D eigenvalue weighted by atomic mass is 10.2. The first kappa shape index (κ1) is 14.4. The molecule has 1 aromatic heterocycles. The minimum Gasteiger partial charge on any atom is -0.493 e. The summed E-state index contributed by atoms with van der Waals surface area (Å²) in [5.41, 5.74) is 1.23. The largest absolute Gasteiger partial charge is 0.493 e. The van der Waals surface area contributed by atoms with Crippen LogP contribution in [0.3, 0.4) is 0 Å². The van der Waals surface area contributed by atoms with Crippen molar-refractivity contribution in [1.82, 2.24) is 5.32 Å². The number of benzene rings is 1. The van der Waals surface area contributed by atoms with E-state index in [-0.39, 0.29) is 0 Å². The molecule has 2 unspecified atom stereocenters. The normalized spacial score (nSPS) is 20.3. The summed E-state index contributed by atoms with van der Waals surface area (Å²) < 4.78 is 11.3. The van der Waals surface area contributed by atoms with Crippen molar-refractivity contribution < 1.29 is 9.47 Å². The van der Waals surface area contributed by atoms with E-state index in [0.717, 1.165) is 24.0 Å². The van der Waals surface area contributed by atoms with Crippen LogP contribution in [0.2, 0.25) is 0 Å². The maximum Gasteiger partial charge on any atom is 0.161 e. The Morgan fingerprint density at radius 3 is 2.81 bits per heavy atom. The number of hydrogen-bond acceptors (Lipinski definition) is 4. The van der Waals surface area contributed by atoms with Crippen molar-refractivity contribution in [3.63, 3.8) is 0 Å². The van der Waals surface area contributed by atoms with Crippen molar-refractivity contribution in [2.24, 2.45) is 5.92 Å². The van der Waals surface area contributed by atoms with Gasteiger partial charge in [0, 0.05) is 17.5 Å². The van der Waals surface area contributed by atoms with Crippen LogP contribution < -0.4 is 14.8 Å². The lowest BCUT2D eigenvalue weighted by Crippen LogP contribution is -2.17. The molecule has 1 aliphatic carbocycles. The minimum atomic E-state index is 0.589. The van der Waals surface area contributed by atoms with Crippen molar-refractivity contribution in [3.05, 3.63) is 46.2 Å². The van der Waals surface area contributed by atoms with E-state index in [9.17, 15) is 0 Å². The third-order valence-corrected chi connectivity index (χ3v) is 4.71. The molecule has 0 bridgehead atoms. The third-order valence-electron chi connectivity index (χ3n) is 3.86. The first-order valence-electron chi connectivity index (χ1n) is 7.31. The average Bonchev–Trinajstić information content (AvgIpc) is 2.99. The Morgan fingerprint density at radius 2 is 2.14 bits per heavy atom. The first-order valence-corrected chi connectivity index (χ1v) is 8.19. The Labute approximate surface area is 129 Å². The Balaban J connectivity index is 1.60. The molecule has 0 saturated heterocycles. The number of nitrogens with one attached hydrogen (secondary N) is 1. The Morgan fingerprint density at radius 1 is 1.29 bits per heavy atom. The summed E-state index contributed by atoms with van der Waals surface area (Å²) in [6.07, 6.45) is 1.29. The molecular formula is C17H21NO2S. The molecule has 0 spiro atoms. The van der Waals surface area contributed by atoms with Gasteiger partial charge >= 0.3 is 0 Å². The molecule has 2 aromatic rings. The Hall–Kier alpha value is -1.52. The van der Waals surface area contributed by atoms with Crippen LogP contribution in [0.1, 0.15) is 23.8 Å². The molecule has 2 atom stereocenters. The van der Waals surface area contributed by atoms with Crippen LogP contribution in [0, 0.1) is 5.92 Å². The zero-order valence-electron chi connectivity index (χ0n) is 12.5. The smallest absolute Gasteiger partial charge is 0.161 e. The molecule has 1 fully saturated rings. The summed E-state index contributed by atoms with van der Waals surface area (Å²) in [5, 5.41) is 5.61. The van der Waals surface area contributed by atoms with Gasteiger partial charge in [0.05, 0.1) is 7.11 Å². The number of ether oxygens (including phenoxy) is 2. The minimum absolute atomic E-state index is 0.589. The second kappa shape index (κ2) is 6.50. The molecule has 3 nitrogen and oxygen atoms in total. The van der Waals surface area contributed by atoms with E-state index in [1.165, 1.54) is 16.9 Å². The summed E-state index contributed by atoms with van der Waals surface area (Å²) in [6, 6.07) is 11.0. The van der Waals surface area contributed by atoms with Gasteiger partial charge in [-0.1, -0.05) is 19.1 Å². The second-order valence-electron chi connectivity index (χ2n) is 5.55. The molecule has 0 radical (unpaired) electrons. The number of rotatable bonds is 7. The fraction of sp³-hybridized carbons (Fsp3) is 0.412. The second-order valence-corrected chi connectivity index (χ2v) is 6.59. The number of methoxy groups -OCH3 is 1. The van der Waals surface area contributed by atoms with Gasteiger partial charge in [-0.15, -0.1) is 11.3 Å². The van der Waals surface area contributed by atoms with Crippen LogP contribution in [-0.2, 0) is 13.2 Å². The summed E-state index contributed by atoms with van der Waals surface area (Å²) in [4.78, 5) is 1.21. The van der Waals surface area contributed by atoms with Gasteiger partial charge in [-0.05, 0) is 41.5 Å². The van der Waals surface area contributed by atoms with Crippen molar-refractivity contribution in [3.8, 4) is 11.5 Å². The standard InChI is InChI=1S/C17H21NO2S/c1-12-8-15(12)18-10-13-5-6-16(17(9-13)19-2)20-11-14-4-3-7-21-14/h3-7,9,12,15,18H,8,10-11H2,1-2H3. The molecular weight excluding hydrogens is 282 g/mol. The van der Waals surface area contributed by atoms with Gasteiger partial charge in [-0.25, -0.2) is 0 Å². The van der Waals surface area contributed by atoms with Crippen LogP contribution >= 0.6 is 11.3 Å². The Kier molecular flexibility index (Phi) is 4.46. The molecule has 1 heterocycles. The highest BCUT2D eigenvalue weighted by Gasteiger charge is 2.31. The summed E-state index contributed by atoms with van der Waals surface area (Å²) in [7, 11) is 1.69. The van der Waals surface area contributed by atoms with Crippen LogP contribution in [-0.4, -0.2) is 13.2 Å². The lowest BCUT2D eigenvalue weighted by molar-refractivity contribution is 0.287. The summed E-state index contributed by atoms with van der Waals surface area (Å²) >= 11 is 1.70. The third kappa shape index (κ3) is 3.77. The van der Waals surface area contributed by atoms with Gasteiger partial charge in [0.1, 0.15) is 6.61 Å². The van der Waals surface area contributed by atoms with E-state index in [1.807, 2.05) is 12.1 Å². The number of thiophene rings is 1. The van der Waals surface area contributed by atoms with Crippen molar-refractivity contribution >= 4 is 11.3 Å². The fourth-order valence-corrected chi connectivity index (χ4v) is 2.96. The maximum atomic E-state index is 5.85. The lowest BCUT2D eigenvalue weighted by Gasteiger charge is -2.12. The molecule has 3 rings (SSSR count). The first-order chi connectivity index (χ1) is 10.3. The SMILES string of the molecule is COc1cc(CNC2CC2C)ccc1OCc1cccs1. The van der Waals surface area contributed by atoms with E-state index < -0.39 is 0 Å². The predicted octanol–water partition coefficient (Wildman–Crippen LogP) is 3.83. The molecule has 1 saturated carbocycles. The highest BCUT2D eigenvalue weighted by molar-refractivity contribution is 7.09. The zero-order valence-corrected chi connectivity index (χ0v) is 13.3. The maximum absolute atomic E-state index is 5.85. The van der Waals surface area contributed by atoms with Gasteiger partial charge in [0.25, 0.3) is 0 Å². The summed E-state index contributed by atoms with van der Waals surface area (Å²) in [5.74, 6) is 2.42. The van der Waals surface area contributed by atoms with Crippen molar-refractivity contribution in [2.75, 3.05) is 7.11 Å². The van der Waals surface area contributed by atoms with Gasteiger partial charge in [-0.3, -0.25) is 0 Å². The van der Waals surface area contributed by atoms with Crippen LogP contribution in [0.4, 0.5) is 0 Å². The Bertz CT molecular complexity index is 582. The topological polar surface area (TPSA) is 30.5 Å². The quantitative estimate of drug-likeness (QED) is 0.843. The highest BCUT2D eigenvalue weighted by Crippen LogP contribution is 2.31. The van der Waals surface area contributed by atoms with E-state index in [0.29, 0.717) is 12.6 Å². The van der Waals surface area contributed by atoms with E-state index >= 15 is 0 Å². The molecule has 4 heteroatoms. The van der Waals surface area contributed by atoms with Crippen LogP contribution in [0.15, 0.2) is 35.7 Å². The highest BCUT2D eigenvalue weighted by atomic mass is 32.1. The average molecular weight is 303 g/mol.